The zero-order valence-corrected chi connectivity index (χ0v) is 14.8. The van der Waals surface area contributed by atoms with Crippen LogP contribution in [0.2, 0.25) is 0 Å². The third-order valence-corrected chi connectivity index (χ3v) is 3.84. The minimum absolute atomic E-state index is 0.288. The van der Waals surface area contributed by atoms with E-state index in [1.54, 1.807) is 0 Å². The molecule has 0 radical (unpaired) electrons. The standard InChI is InChI=1S/C18H34O5/c1-3-5-7-9-10-11-13-15-17(19)23-22-16(18(20)21)14-12-8-6-4-2/h16H,3-15H2,1-2H3,(H,20,21). The highest BCUT2D eigenvalue weighted by atomic mass is 17.2. The number of hydrogen-bond acceptors (Lipinski definition) is 4. The summed E-state index contributed by atoms with van der Waals surface area (Å²) in [4.78, 5) is 32.0. The van der Waals surface area contributed by atoms with Crippen LogP contribution >= 0.6 is 0 Å². The molecule has 0 aliphatic rings. The molecule has 0 aromatic rings. The average molecular weight is 330 g/mol. The number of carbonyl (C=O) groups excluding carboxylic acids is 1. The second-order valence-electron chi connectivity index (χ2n) is 6.10. The summed E-state index contributed by atoms with van der Waals surface area (Å²) >= 11 is 0. The molecule has 0 saturated carbocycles. The number of carboxylic acid groups (broad SMARTS) is 1. The molecule has 0 rings (SSSR count). The summed E-state index contributed by atoms with van der Waals surface area (Å²) in [5.74, 6) is -1.55. The van der Waals surface area contributed by atoms with E-state index >= 15 is 0 Å². The van der Waals surface area contributed by atoms with Crippen molar-refractivity contribution in [3.8, 4) is 0 Å². The minimum Gasteiger partial charge on any atom is -0.479 e. The van der Waals surface area contributed by atoms with Crippen molar-refractivity contribution in [1.82, 2.24) is 0 Å². The lowest BCUT2D eigenvalue weighted by Gasteiger charge is -2.11. The molecule has 1 atom stereocenters. The minimum atomic E-state index is -1.08. The van der Waals surface area contributed by atoms with E-state index in [0.717, 1.165) is 44.9 Å². The first-order valence-corrected chi connectivity index (χ1v) is 9.20. The first-order valence-electron chi connectivity index (χ1n) is 9.20. The molecule has 0 aliphatic carbocycles. The molecule has 136 valence electrons. The fourth-order valence-electron chi connectivity index (χ4n) is 2.35. The van der Waals surface area contributed by atoms with E-state index in [-0.39, 0.29) is 6.42 Å². The Morgan fingerprint density at radius 1 is 0.826 bits per heavy atom. The summed E-state index contributed by atoms with van der Waals surface area (Å²) in [6.07, 6.45) is 11.4. The number of carboxylic acids is 1. The topological polar surface area (TPSA) is 72.8 Å². The number of carbonyl (C=O) groups is 2. The van der Waals surface area contributed by atoms with Crippen molar-refractivity contribution in [1.29, 1.82) is 0 Å². The molecular weight excluding hydrogens is 296 g/mol. The Morgan fingerprint density at radius 3 is 1.91 bits per heavy atom. The van der Waals surface area contributed by atoms with Gasteiger partial charge in [-0.3, -0.25) is 4.89 Å². The summed E-state index contributed by atoms with van der Waals surface area (Å²) in [5, 5.41) is 9.04. The van der Waals surface area contributed by atoms with Crippen LogP contribution in [0.3, 0.4) is 0 Å². The third-order valence-electron chi connectivity index (χ3n) is 3.84. The Hall–Kier alpha value is -1.10. The van der Waals surface area contributed by atoms with Gasteiger partial charge >= 0.3 is 11.9 Å². The molecule has 0 saturated heterocycles. The van der Waals surface area contributed by atoms with Gasteiger partial charge in [-0.25, -0.2) is 9.59 Å². The zero-order chi connectivity index (χ0) is 17.3. The lowest BCUT2D eigenvalue weighted by molar-refractivity contribution is -0.296. The maximum atomic E-state index is 11.5. The summed E-state index contributed by atoms with van der Waals surface area (Å²) < 4.78 is 0. The molecule has 0 aliphatic heterocycles. The van der Waals surface area contributed by atoms with Crippen LogP contribution in [0.25, 0.3) is 0 Å². The summed E-state index contributed by atoms with van der Waals surface area (Å²) in [6, 6.07) is 0. The lowest BCUT2D eigenvalue weighted by atomic mass is 10.1. The molecule has 5 heteroatoms. The van der Waals surface area contributed by atoms with Gasteiger partial charge in [0.15, 0.2) is 0 Å². The van der Waals surface area contributed by atoms with Crippen LogP contribution in [0.5, 0.6) is 0 Å². The summed E-state index contributed by atoms with van der Waals surface area (Å²) in [7, 11) is 0. The van der Waals surface area contributed by atoms with Crippen LogP contribution < -0.4 is 0 Å². The molecule has 0 bridgehead atoms. The Labute approximate surface area is 140 Å². The fraction of sp³-hybridized carbons (Fsp3) is 0.889. The Bertz CT molecular complexity index is 304. The quantitative estimate of drug-likeness (QED) is 0.244. The van der Waals surface area contributed by atoms with Crippen LogP contribution in [-0.4, -0.2) is 23.1 Å². The van der Waals surface area contributed by atoms with Crippen molar-refractivity contribution >= 4 is 11.9 Å². The molecule has 0 aromatic carbocycles. The van der Waals surface area contributed by atoms with Gasteiger partial charge < -0.3 is 5.11 Å². The van der Waals surface area contributed by atoms with Crippen molar-refractivity contribution in [2.24, 2.45) is 0 Å². The molecule has 0 spiro atoms. The molecular formula is C18H34O5. The van der Waals surface area contributed by atoms with Crippen LogP contribution in [0.4, 0.5) is 0 Å². The molecule has 0 heterocycles. The second kappa shape index (κ2) is 15.8. The van der Waals surface area contributed by atoms with Crippen LogP contribution in [0.1, 0.15) is 97.3 Å². The Balaban J connectivity index is 3.67. The van der Waals surface area contributed by atoms with Crippen LogP contribution in [0, 0.1) is 0 Å². The van der Waals surface area contributed by atoms with E-state index in [4.69, 9.17) is 9.99 Å². The maximum absolute atomic E-state index is 11.5. The Morgan fingerprint density at radius 2 is 1.35 bits per heavy atom. The summed E-state index contributed by atoms with van der Waals surface area (Å²) in [6.45, 7) is 4.28. The first-order chi connectivity index (χ1) is 11.1. The lowest BCUT2D eigenvalue weighted by Crippen LogP contribution is -2.25. The van der Waals surface area contributed by atoms with E-state index in [1.807, 2.05) is 0 Å². The monoisotopic (exact) mass is 330 g/mol. The molecule has 1 N–H and O–H groups in total. The van der Waals surface area contributed by atoms with Crippen LogP contribution in [0.15, 0.2) is 0 Å². The largest absolute Gasteiger partial charge is 0.479 e. The Kier molecular flexibility index (Phi) is 15.0. The fourth-order valence-corrected chi connectivity index (χ4v) is 2.35. The van der Waals surface area contributed by atoms with E-state index < -0.39 is 18.0 Å². The number of unbranched alkanes of at least 4 members (excludes halogenated alkanes) is 9. The van der Waals surface area contributed by atoms with Gasteiger partial charge in [0.1, 0.15) is 0 Å². The van der Waals surface area contributed by atoms with Gasteiger partial charge in [-0.05, 0) is 12.8 Å². The predicted octanol–water partition coefficient (Wildman–Crippen LogP) is 5.03. The van der Waals surface area contributed by atoms with Gasteiger partial charge in [-0.2, -0.15) is 4.89 Å². The van der Waals surface area contributed by atoms with E-state index in [1.165, 1.54) is 25.7 Å². The van der Waals surface area contributed by atoms with Gasteiger partial charge in [0.25, 0.3) is 0 Å². The smallest absolute Gasteiger partial charge is 0.342 e. The normalized spacial score (nSPS) is 12.1. The molecule has 1 unspecified atom stereocenters. The predicted molar refractivity (Wildman–Crippen MR) is 90.0 cm³/mol. The molecule has 0 aromatic heterocycles. The number of rotatable bonds is 16. The van der Waals surface area contributed by atoms with Gasteiger partial charge in [-0.1, -0.05) is 78.1 Å². The highest BCUT2D eigenvalue weighted by molar-refractivity contribution is 5.72. The van der Waals surface area contributed by atoms with Crippen molar-refractivity contribution in [2.45, 2.75) is 103 Å². The average Bonchev–Trinajstić information content (AvgIpc) is 2.53. The van der Waals surface area contributed by atoms with E-state index in [9.17, 15) is 9.59 Å². The van der Waals surface area contributed by atoms with E-state index in [2.05, 4.69) is 18.7 Å². The molecule has 5 nitrogen and oxygen atoms in total. The zero-order valence-electron chi connectivity index (χ0n) is 14.8. The molecule has 0 amide bonds. The third kappa shape index (κ3) is 14.2. The van der Waals surface area contributed by atoms with Crippen molar-refractivity contribution in [3.05, 3.63) is 0 Å². The highest BCUT2D eigenvalue weighted by Gasteiger charge is 2.20. The van der Waals surface area contributed by atoms with Gasteiger partial charge in [0.2, 0.25) is 6.10 Å². The van der Waals surface area contributed by atoms with Gasteiger partial charge in [-0.15, -0.1) is 0 Å². The SMILES string of the molecule is CCCCCCCCCC(=O)OOC(CCCCCC)C(=O)O. The van der Waals surface area contributed by atoms with E-state index in [0.29, 0.717) is 6.42 Å². The van der Waals surface area contributed by atoms with Crippen molar-refractivity contribution in [3.63, 3.8) is 0 Å². The second-order valence-corrected chi connectivity index (χ2v) is 6.10. The van der Waals surface area contributed by atoms with Gasteiger partial charge in [0, 0.05) is 6.42 Å². The first kappa shape index (κ1) is 21.9. The molecule has 0 fully saturated rings. The van der Waals surface area contributed by atoms with Crippen molar-refractivity contribution < 1.29 is 24.5 Å². The maximum Gasteiger partial charge on any atom is 0.342 e. The van der Waals surface area contributed by atoms with Gasteiger partial charge in [0.05, 0.1) is 0 Å². The number of aliphatic carboxylic acids is 1. The molecule has 23 heavy (non-hydrogen) atoms. The number of hydrogen-bond donors (Lipinski definition) is 1. The van der Waals surface area contributed by atoms with Crippen LogP contribution in [-0.2, 0) is 19.4 Å². The summed E-state index contributed by atoms with van der Waals surface area (Å²) in [5.41, 5.74) is 0. The van der Waals surface area contributed by atoms with Crippen molar-refractivity contribution in [2.75, 3.05) is 0 Å². The highest BCUT2D eigenvalue weighted by Crippen LogP contribution is 2.11.